The first kappa shape index (κ1) is 13.0. The van der Waals surface area contributed by atoms with Gasteiger partial charge in [-0.1, -0.05) is 6.92 Å². The molecule has 0 radical (unpaired) electrons. The fourth-order valence-corrected chi connectivity index (χ4v) is 3.28. The fourth-order valence-electron chi connectivity index (χ4n) is 2.39. The van der Waals surface area contributed by atoms with Crippen LogP contribution in [0, 0.1) is 5.92 Å². The van der Waals surface area contributed by atoms with Gasteiger partial charge < -0.3 is 10.6 Å². The number of hydrogen-bond acceptors (Lipinski definition) is 4. The molecule has 1 aromatic rings. The van der Waals surface area contributed by atoms with Gasteiger partial charge in [-0.25, -0.2) is 4.98 Å². The van der Waals surface area contributed by atoms with Crippen molar-refractivity contribution in [1.29, 1.82) is 0 Å². The maximum atomic E-state index is 5.82. The zero-order chi connectivity index (χ0) is 12.3. The number of aromatic nitrogens is 1. The Morgan fingerprint density at radius 3 is 3.12 bits per heavy atom. The molecule has 0 bridgehead atoms. The smallest absolute Gasteiger partial charge is 0.0941 e. The molecule has 96 valence electrons. The molecular weight excluding hydrogens is 230 g/mol. The highest BCUT2D eigenvalue weighted by atomic mass is 32.1. The number of piperidine rings is 1. The Kier molecular flexibility index (Phi) is 4.54. The molecule has 1 aromatic heterocycles. The number of likely N-dealkylation sites (tertiary alicyclic amines) is 1. The average molecular weight is 253 g/mol. The molecule has 17 heavy (non-hydrogen) atoms. The molecule has 2 rings (SSSR count). The Labute approximate surface area is 108 Å². The summed E-state index contributed by atoms with van der Waals surface area (Å²) in [5, 5.41) is 3.33. The molecule has 2 N–H and O–H groups in total. The summed E-state index contributed by atoms with van der Waals surface area (Å²) in [7, 11) is 0. The molecule has 0 saturated carbocycles. The summed E-state index contributed by atoms with van der Waals surface area (Å²) in [5.74, 6) is 0.861. The second-order valence-electron chi connectivity index (χ2n) is 5.25. The minimum absolute atomic E-state index is 0.0648. The van der Waals surface area contributed by atoms with Crippen molar-refractivity contribution in [2.24, 2.45) is 11.7 Å². The molecule has 0 aliphatic carbocycles. The van der Waals surface area contributed by atoms with Crippen LogP contribution in [0.4, 0.5) is 0 Å². The summed E-state index contributed by atoms with van der Waals surface area (Å²) in [6.07, 6.45) is 3.82. The quantitative estimate of drug-likeness (QED) is 0.896. The average Bonchev–Trinajstić information content (AvgIpc) is 2.75. The third-order valence-corrected chi connectivity index (χ3v) is 4.35. The Morgan fingerprint density at radius 1 is 1.65 bits per heavy atom. The van der Waals surface area contributed by atoms with Crippen LogP contribution in [-0.2, 0) is 6.42 Å². The van der Waals surface area contributed by atoms with Crippen LogP contribution in [-0.4, -0.2) is 29.5 Å². The number of hydrogen-bond donors (Lipinski definition) is 1. The maximum Gasteiger partial charge on any atom is 0.0941 e. The van der Waals surface area contributed by atoms with Gasteiger partial charge in [0, 0.05) is 30.9 Å². The van der Waals surface area contributed by atoms with Crippen LogP contribution in [0.3, 0.4) is 0 Å². The first-order chi connectivity index (χ1) is 8.15. The SMILES string of the molecule is CC1CCCN(CCc2nc(C(C)N)cs2)C1. The van der Waals surface area contributed by atoms with Crippen LogP contribution in [0.2, 0.25) is 0 Å². The lowest BCUT2D eigenvalue weighted by molar-refractivity contribution is 0.186. The lowest BCUT2D eigenvalue weighted by Crippen LogP contribution is -2.35. The van der Waals surface area contributed by atoms with Gasteiger partial charge in [0.1, 0.15) is 0 Å². The van der Waals surface area contributed by atoms with E-state index in [1.807, 2.05) is 6.92 Å². The number of rotatable bonds is 4. The van der Waals surface area contributed by atoms with E-state index in [2.05, 4.69) is 22.2 Å². The molecule has 0 spiro atoms. The molecule has 1 fully saturated rings. The van der Waals surface area contributed by atoms with Gasteiger partial charge in [-0.15, -0.1) is 11.3 Å². The molecule has 1 aliphatic heterocycles. The molecular formula is C13H23N3S. The third-order valence-electron chi connectivity index (χ3n) is 3.42. The predicted molar refractivity (Wildman–Crippen MR) is 73.3 cm³/mol. The van der Waals surface area contributed by atoms with E-state index in [1.165, 1.54) is 30.9 Å². The fraction of sp³-hybridized carbons (Fsp3) is 0.769. The van der Waals surface area contributed by atoms with Crippen LogP contribution >= 0.6 is 11.3 Å². The van der Waals surface area contributed by atoms with E-state index >= 15 is 0 Å². The predicted octanol–water partition coefficient (Wildman–Crippen LogP) is 2.44. The first-order valence-electron chi connectivity index (χ1n) is 6.57. The molecule has 4 heteroatoms. The Balaban J connectivity index is 1.80. The Bertz CT molecular complexity index is 348. The highest BCUT2D eigenvalue weighted by molar-refractivity contribution is 7.09. The van der Waals surface area contributed by atoms with Crippen molar-refractivity contribution >= 4 is 11.3 Å². The van der Waals surface area contributed by atoms with Crippen molar-refractivity contribution in [2.45, 2.75) is 39.2 Å². The minimum Gasteiger partial charge on any atom is -0.323 e. The molecule has 1 aliphatic rings. The van der Waals surface area contributed by atoms with Crippen molar-refractivity contribution in [2.75, 3.05) is 19.6 Å². The number of nitrogens with two attached hydrogens (primary N) is 1. The van der Waals surface area contributed by atoms with Gasteiger partial charge in [0.05, 0.1) is 10.7 Å². The van der Waals surface area contributed by atoms with E-state index in [4.69, 9.17) is 5.73 Å². The number of thiazole rings is 1. The van der Waals surface area contributed by atoms with Gasteiger partial charge in [0.25, 0.3) is 0 Å². The van der Waals surface area contributed by atoms with E-state index in [0.717, 1.165) is 24.6 Å². The van der Waals surface area contributed by atoms with Gasteiger partial charge in [0.2, 0.25) is 0 Å². The number of nitrogens with zero attached hydrogens (tertiary/aromatic N) is 2. The lowest BCUT2D eigenvalue weighted by Gasteiger charge is -2.30. The monoisotopic (exact) mass is 253 g/mol. The molecule has 1 saturated heterocycles. The Hall–Kier alpha value is -0.450. The van der Waals surface area contributed by atoms with Gasteiger partial charge in [-0.05, 0) is 32.2 Å². The highest BCUT2D eigenvalue weighted by Gasteiger charge is 2.16. The third kappa shape index (κ3) is 3.76. The lowest BCUT2D eigenvalue weighted by atomic mass is 10.0. The van der Waals surface area contributed by atoms with Gasteiger partial charge in [-0.3, -0.25) is 0 Å². The molecule has 3 nitrogen and oxygen atoms in total. The van der Waals surface area contributed by atoms with E-state index in [-0.39, 0.29) is 6.04 Å². The maximum absolute atomic E-state index is 5.82. The summed E-state index contributed by atoms with van der Waals surface area (Å²) in [5.41, 5.74) is 6.86. The largest absolute Gasteiger partial charge is 0.323 e. The van der Waals surface area contributed by atoms with Gasteiger partial charge in [-0.2, -0.15) is 0 Å². The van der Waals surface area contributed by atoms with Crippen molar-refractivity contribution in [1.82, 2.24) is 9.88 Å². The highest BCUT2D eigenvalue weighted by Crippen LogP contribution is 2.18. The van der Waals surface area contributed by atoms with Crippen LogP contribution in [0.25, 0.3) is 0 Å². The molecule has 2 unspecified atom stereocenters. The van der Waals surface area contributed by atoms with Crippen molar-refractivity contribution in [3.05, 3.63) is 16.1 Å². The molecule has 2 heterocycles. The van der Waals surface area contributed by atoms with Crippen LogP contribution in [0.1, 0.15) is 43.4 Å². The van der Waals surface area contributed by atoms with Gasteiger partial charge >= 0.3 is 0 Å². The van der Waals surface area contributed by atoms with E-state index in [1.54, 1.807) is 11.3 Å². The summed E-state index contributed by atoms with van der Waals surface area (Å²) in [6, 6.07) is 0.0648. The minimum atomic E-state index is 0.0648. The summed E-state index contributed by atoms with van der Waals surface area (Å²) >= 11 is 1.75. The van der Waals surface area contributed by atoms with Crippen molar-refractivity contribution in [3.8, 4) is 0 Å². The second-order valence-corrected chi connectivity index (χ2v) is 6.20. The zero-order valence-corrected chi connectivity index (χ0v) is 11.7. The van der Waals surface area contributed by atoms with E-state index in [9.17, 15) is 0 Å². The van der Waals surface area contributed by atoms with Crippen LogP contribution in [0.5, 0.6) is 0 Å². The summed E-state index contributed by atoms with van der Waals surface area (Å²) in [6.45, 7) is 8.01. The Morgan fingerprint density at radius 2 is 2.47 bits per heavy atom. The summed E-state index contributed by atoms with van der Waals surface area (Å²) in [4.78, 5) is 7.15. The first-order valence-corrected chi connectivity index (χ1v) is 7.45. The standard InChI is InChI=1S/C13H23N3S/c1-10-4-3-6-16(8-10)7-5-13-15-12(9-17-13)11(2)14/h9-11H,3-8,14H2,1-2H3. The van der Waals surface area contributed by atoms with Crippen molar-refractivity contribution in [3.63, 3.8) is 0 Å². The molecule has 0 aromatic carbocycles. The van der Waals surface area contributed by atoms with Crippen molar-refractivity contribution < 1.29 is 0 Å². The molecule has 2 atom stereocenters. The second kappa shape index (κ2) is 5.94. The van der Waals surface area contributed by atoms with Gasteiger partial charge in [0.15, 0.2) is 0 Å². The normalized spacial score (nSPS) is 23.8. The topological polar surface area (TPSA) is 42.2 Å². The van der Waals surface area contributed by atoms with E-state index < -0.39 is 0 Å². The van der Waals surface area contributed by atoms with Crippen LogP contribution in [0.15, 0.2) is 5.38 Å². The zero-order valence-electron chi connectivity index (χ0n) is 10.9. The molecule has 0 amide bonds. The van der Waals surface area contributed by atoms with E-state index in [0.29, 0.717) is 0 Å². The van der Waals surface area contributed by atoms with Crippen LogP contribution < -0.4 is 5.73 Å². The summed E-state index contributed by atoms with van der Waals surface area (Å²) < 4.78 is 0.